The molecule has 0 amide bonds. The fraction of sp³-hybridized carbons (Fsp3) is 0.821. The van der Waals surface area contributed by atoms with Gasteiger partial charge in [0.1, 0.15) is 24.4 Å². The zero-order valence-corrected chi connectivity index (χ0v) is 22.4. The van der Waals surface area contributed by atoms with Gasteiger partial charge >= 0.3 is 5.97 Å². The van der Waals surface area contributed by atoms with E-state index in [9.17, 15) is 20.1 Å². The third-order valence-electron chi connectivity index (χ3n) is 10.1. The Morgan fingerprint density at radius 2 is 1.95 bits per heavy atom. The molecule has 38 heavy (non-hydrogen) atoms. The lowest BCUT2D eigenvalue weighted by Gasteiger charge is -2.52. The van der Waals surface area contributed by atoms with Crippen molar-refractivity contribution in [3.05, 3.63) is 23.5 Å². The van der Waals surface area contributed by atoms with Crippen LogP contribution in [0.4, 0.5) is 0 Å². The van der Waals surface area contributed by atoms with Crippen molar-refractivity contribution in [2.75, 3.05) is 13.7 Å². The maximum absolute atomic E-state index is 13.5. The van der Waals surface area contributed by atoms with E-state index in [2.05, 4.69) is 13.0 Å². The molecule has 3 saturated heterocycles. The summed E-state index contributed by atoms with van der Waals surface area (Å²) in [6.45, 7) is 6.06. The molecule has 6 rings (SSSR count). The number of hydrogen-bond acceptors (Lipinski definition) is 10. The highest BCUT2D eigenvalue weighted by Crippen LogP contribution is 2.57. The van der Waals surface area contributed by atoms with Crippen molar-refractivity contribution >= 4 is 5.97 Å². The first-order valence-electron chi connectivity index (χ1n) is 13.8. The molecule has 4 heterocycles. The van der Waals surface area contributed by atoms with Gasteiger partial charge in [-0.3, -0.25) is 4.79 Å². The van der Waals surface area contributed by atoms with Crippen molar-refractivity contribution in [1.29, 1.82) is 0 Å². The minimum Gasteiger partial charge on any atom is -0.469 e. The summed E-state index contributed by atoms with van der Waals surface area (Å²) in [5.74, 6) is -1.39. The third kappa shape index (κ3) is 4.06. The summed E-state index contributed by atoms with van der Waals surface area (Å²) < 4.78 is 35.0. The lowest BCUT2D eigenvalue weighted by Crippen LogP contribution is -2.60. The monoisotopic (exact) mass is 536 g/mol. The van der Waals surface area contributed by atoms with Gasteiger partial charge in [-0.2, -0.15) is 0 Å². The number of fused-ring (bicyclic) bond motifs is 3. The Hall–Kier alpha value is -1.53. The van der Waals surface area contributed by atoms with Gasteiger partial charge in [-0.15, -0.1) is 0 Å². The van der Waals surface area contributed by atoms with E-state index in [0.717, 1.165) is 24.0 Å². The Balaban J connectivity index is 1.22. The second-order valence-corrected chi connectivity index (χ2v) is 12.3. The highest BCUT2D eigenvalue weighted by Gasteiger charge is 2.58. The second-order valence-electron chi connectivity index (χ2n) is 12.3. The van der Waals surface area contributed by atoms with Crippen LogP contribution in [0, 0.1) is 23.2 Å². The normalized spacial score (nSPS) is 52.2. The number of ether oxygens (including phenoxy) is 6. The average molecular weight is 537 g/mol. The molecule has 13 atom stereocenters. The predicted molar refractivity (Wildman–Crippen MR) is 131 cm³/mol. The quantitative estimate of drug-likeness (QED) is 0.360. The molecule has 2 aliphatic carbocycles. The smallest absolute Gasteiger partial charge is 0.309 e. The summed E-state index contributed by atoms with van der Waals surface area (Å²) in [4.78, 5) is 13.5. The first-order chi connectivity index (χ1) is 18.1. The van der Waals surface area contributed by atoms with Gasteiger partial charge in [-0.1, -0.05) is 18.6 Å². The van der Waals surface area contributed by atoms with Gasteiger partial charge in [-0.05, 0) is 55.9 Å². The molecule has 0 aromatic heterocycles. The zero-order chi connectivity index (χ0) is 27.0. The Morgan fingerprint density at radius 1 is 1.16 bits per heavy atom. The van der Waals surface area contributed by atoms with Crippen LogP contribution in [0.5, 0.6) is 0 Å². The molecule has 0 aromatic rings. The molecular formula is C28H40O10. The Morgan fingerprint density at radius 3 is 2.71 bits per heavy atom. The standard InChI is InChI=1S/C28H40O10/c1-13-22(30)24(33-4)23(31)26(36-13)38-19-9-15-6-7-16-17(27(15,2)10-18(19)29)8-5-14-11-34-28(3)21(14)20(12-35-28)37-25(16)32/h6,11,13,16-24,26,29-31H,5,7-10,12H2,1-4H3. The van der Waals surface area contributed by atoms with Crippen LogP contribution in [-0.4, -0.2) is 89.8 Å². The van der Waals surface area contributed by atoms with Gasteiger partial charge in [-0.25, -0.2) is 0 Å². The van der Waals surface area contributed by atoms with Gasteiger partial charge in [0, 0.05) is 14.0 Å². The first kappa shape index (κ1) is 26.7. The van der Waals surface area contributed by atoms with E-state index in [1.165, 1.54) is 7.11 Å². The molecule has 0 spiro atoms. The van der Waals surface area contributed by atoms with E-state index < -0.39 is 54.1 Å². The van der Waals surface area contributed by atoms with Gasteiger partial charge in [0.2, 0.25) is 5.79 Å². The van der Waals surface area contributed by atoms with Crippen molar-refractivity contribution < 1.29 is 48.5 Å². The Kier molecular flexibility index (Phi) is 6.70. The number of rotatable bonds is 3. The molecule has 6 aliphatic rings. The van der Waals surface area contributed by atoms with Crippen LogP contribution in [0.25, 0.3) is 0 Å². The molecule has 3 N–H and O–H groups in total. The van der Waals surface area contributed by atoms with Crippen molar-refractivity contribution in [2.24, 2.45) is 23.2 Å². The zero-order valence-electron chi connectivity index (χ0n) is 22.4. The van der Waals surface area contributed by atoms with Crippen LogP contribution < -0.4 is 0 Å². The number of aliphatic hydroxyl groups is 3. The van der Waals surface area contributed by atoms with Gasteiger partial charge < -0.3 is 43.7 Å². The van der Waals surface area contributed by atoms with Crippen LogP contribution >= 0.6 is 0 Å². The number of esters is 1. The van der Waals surface area contributed by atoms with Crippen molar-refractivity contribution in [2.45, 2.75) is 108 Å². The van der Waals surface area contributed by atoms with Crippen LogP contribution in [0.3, 0.4) is 0 Å². The summed E-state index contributed by atoms with van der Waals surface area (Å²) in [6, 6.07) is 0. The van der Waals surface area contributed by atoms with Crippen molar-refractivity contribution in [3.8, 4) is 0 Å². The van der Waals surface area contributed by atoms with Crippen molar-refractivity contribution in [3.63, 3.8) is 0 Å². The number of methoxy groups -OCH3 is 1. The van der Waals surface area contributed by atoms with E-state index in [0.29, 0.717) is 25.9 Å². The van der Waals surface area contributed by atoms with Crippen LogP contribution in [0.2, 0.25) is 0 Å². The lowest BCUT2D eigenvalue weighted by atomic mass is 9.55. The number of aliphatic hydroxyl groups excluding tert-OH is 3. The maximum atomic E-state index is 13.5. The van der Waals surface area contributed by atoms with E-state index in [1.54, 1.807) is 13.2 Å². The number of allylic oxidation sites excluding steroid dienone is 1. The summed E-state index contributed by atoms with van der Waals surface area (Å²) in [7, 11) is 1.42. The fourth-order valence-corrected chi connectivity index (χ4v) is 7.94. The molecule has 0 bridgehead atoms. The topological polar surface area (TPSA) is 133 Å². The fourth-order valence-electron chi connectivity index (χ4n) is 7.94. The number of carbonyl (C=O) groups is 1. The molecule has 212 valence electrons. The SMILES string of the molecule is COC1C(O)C(C)OC(OC2CC3=CCC4C(=O)OC5COC6(C)OC=C(CCC4C3(C)CC2O)C56)C1O. The molecule has 10 nitrogen and oxygen atoms in total. The molecule has 4 fully saturated rings. The molecule has 10 heteroatoms. The van der Waals surface area contributed by atoms with Crippen LogP contribution in [0.1, 0.15) is 52.9 Å². The highest BCUT2D eigenvalue weighted by atomic mass is 16.7. The lowest BCUT2D eigenvalue weighted by molar-refractivity contribution is -0.315. The van der Waals surface area contributed by atoms with Crippen LogP contribution in [-0.2, 0) is 33.2 Å². The average Bonchev–Trinajstić information content (AvgIpc) is 3.38. The van der Waals surface area contributed by atoms with Gasteiger partial charge in [0.15, 0.2) is 6.29 Å². The van der Waals surface area contributed by atoms with Gasteiger partial charge in [0.05, 0.1) is 43.0 Å². The van der Waals surface area contributed by atoms with E-state index in [4.69, 9.17) is 28.4 Å². The predicted octanol–water partition coefficient (Wildman–Crippen LogP) is 1.56. The minimum absolute atomic E-state index is 0.0114. The first-order valence-corrected chi connectivity index (χ1v) is 13.8. The van der Waals surface area contributed by atoms with Crippen LogP contribution in [0.15, 0.2) is 23.5 Å². The van der Waals surface area contributed by atoms with Gasteiger partial charge in [0.25, 0.3) is 0 Å². The Bertz CT molecular complexity index is 1010. The summed E-state index contributed by atoms with van der Waals surface area (Å²) >= 11 is 0. The second kappa shape index (κ2) is 9.54. The summed E-state index contributed by atoms with van der Waals surface area (Å²) in [6.07, 6.45) is 0.433. The molecular weight excluding hydrogens is 496 g/mol. The highest BCUT2D eigenvalue weighted by molar-refractivity contribution is 5.74. The number of hydrogen-bond donors (Lipinski definition) is 3. The molecule has 0 aromatic carbocycles. The molecule has 1 saturated carbocycles. The van der Waals surface area contributed by atoms with E-state index in [-0.39, 0.29) is 29.8 Å². The largest absolute Gasteiger partial charge is 0.469 e. The van der Waals surface area contributed by atoms with E-state index in [1.807, 2.05) is 6.92 Å². The van der Waals surface area contributed by atoms with Crippen molar-refractivity contribution in [1.82, 2.24) is 0 Å². The Labute approximate surface area is 222 Å². The molecule has 4 aliphatic heterocycles. The maximum Gasteiger partial charge on any atom is 0.309 e. The molecule has 0 radical (unpaired) electrons. The van der Waals surface area contributed by atoms with E-state index >= 15 is 0 Å². The molecule has 13 unspecified atom stereocenters. The summed E-state index contributed by atoms with van der Waals surface area (Å²) in [5.41, 5.74) is 1.85. The minimum atomic E-state index is -1.20. The summed E-state index contributed by atoms with van der Waals surface area (Å²) in [5, 5.41) is 32.3. The third-order valence-corrected chi connectivity index (χ3v) is 10.1. The number of carbonyl (C=O) groups excluding carboxylic acids is 1.